The van der Waals surface area contributed by atoms with Crippen LogP contribution in [0.3, 0.4) is 0 Å². The number of aromatic nitrogens is 4. The normalized spacial score (nSPS) is 15.3. The van der Waals surface area contributed by atoms with Crippen molar-refractivity contribution in [2.75, 3.05) is 18.0 Å². The van der Waals surface area contributed by atoms with Crippen molar-refractivity contribution in [1.82, 2.24) is 25.7 Å². The van der Waals surface area contributed by atoms with Crippen LogP contribution in [0.2, 0.25) is 0 Å². The van der Waals surface area contributed by atoms with Crippen molar-refractivity contribution < 1.29 is 14.0 Å². The molecule has 3 aromatic heterocycles. The van der Waals surface area contributed by atoms with Gasteiger partial charge in [-0.25, -0.2) is 9.37 Å². The summed E-state index contributed by atoms with van der Waals surface area (Å²) < 4.78 is 16.4. The number of H-pyrrole nitrogens is 1. The van der Waals surface area contributed by atoms with Crippen LogP contribution in [-0.2, 0) is 0 Å². The van der Waals surface area contributed by atoms with Crippen molar-refractivity contribution in [3.05, 3.63) is 83.4 Å². The van der Waals surface area contributed by atoms with E-state index in [9.17, 15) is 9.59 Å². The molecule has 202 valence electrons. The number of nitrogens with zero attached hydrogens (tertiary/aromatic N) is 4. The number of carbonyl (C=O) groups excluding carboxylic acids is 2. The van der Waals surface area contributed by atoms with Gasteiger partial charge in [-0.1, -0.05) is 12.1 Å². The third-order valence-corrected chi connectivity index (χ3v) is 8.34. The Morgan fingerprint density at radius 1 is 1.10 bits per heavy atom. The maximum absolute atomic E-state index is 15.4. The van der Waals surface area contributed by atoms with Crippen LogP contribution in [0.25, 0.3) is 31.8 Å². The van der Waals surface area contributed by atoms with E-state index in [0.717, 1.165) is 45.5 Å². The van der Waals surface area contributed by atoms with Gasteiger partial charge in [0.25, 0.3) is 5.91 Å². The monoisotopic (exact) mass is 555 g/mol. The van der Waals surface area contributed by atoms with Crippen LogP contribution < -0.4 is 16.0 Å². The van der Waals surface area contributed by atoms with Crippen LogP contribution in [-0.4, -0.2) is 51.3 Å². The van der Waals surface area contributed by atoms with Crippen LogP contribution in [0.5, 0.6) is 0 Å². The van der Waals surface area contributed by atoms with Gasteiger partial charge in [-0.2, -0.15) is 15.4 Å². The number of primary amides is 1. The highest BCUT2D eigenvalue weighted by molar-refractivity contribution is 7.22. The fraction of sp³-hybridized carbons (Fsp3) is 0.207. The summed E-state index contributed by atoms with van der Waals surface area (Å²) in [5, 5.41) is 14.5. The first-order valence-corrected chi connectivity index (χ1v) is 13.7. The van der Waals surface area contributed by atoms with E-state index in [1.165, 1.54) is 18.3 Å². The highest BCUT2D eigenvalue weighted by Gasteiger charge is 2.32. The standard InChI is InChI=1S/C29H26FN7O2S/c1-16-11-18(5-6-20(16)27(31)38)26-13-22-25(40-26)8-10-33-28(22)37(19-3-2-9-32-14-19)29(39)21-7-4-17(12-23(21)30)24-15-34-36-35-24/h4-8,10-13,15,19,32H,2-3,9,14H2,1H3,(H2,31,38)(H,34,35,36)/t19-/m1/s1. The van der Waals surface area contributed by atoms with Crippen molar-refractivity contribution in [2.45, 2.75) is 25.8 Å². The number of hydrogen-bond acceptors (Lipinski definition) is 7. The van der Waals surface area contributed by atoms with Crippen LogP contribution in [0, 0.1) is 12.7 Å². The van der Waals surface area contributed by atoms with Crippen molar-refractivity contribution >= 4 is 39.1 Å². The van der Waals surface area contributed by atoms with E-state index in [1.54, 1.807) is 34.6 Å². The molecule has 2 amide bonds. The molecular weight excluding hydrogens is 529 g/mol. The highest BCUT2D eigenvalue weighted by Crippen LogP contribution is 2.39. The van der Waals surface area contributed by atoms with Gasteiger partial charge in [0, 0.05) is 38.8 Å². The fourth-order valence-electron chi connectivity index (χ4n) is 5.18. The Morgan fingerprint density at radius 2 is 1.93 bits per heavy atom. The van der Waals surface area contributed by atoms with Crippen LogP contribution >= 0.6 is 11.3 Å². The molecule has 0 bridgehead atoms. The molecule has 0 radical (unpaired) electrons. The first-order valence-electron chi connectivity index (χ1n) is 12.9. The number of benzene rings is 2. The van der Waals surface area contributed by atoms with Crippen LogP contribution in [0.15, 0.2) is 60.9 Å². The zero-order chi connectivity index (χ0) is 27.8. The minimum absolute atomic E-state index is 0.0373. The number of rotatable bonds is 6. The Kier molecular flexibility index (Phi) is 6.82. The number of thiophene rings is 1. The third-order valence-electron chi connectivity index (χ3n) is 7.19. The maximum atomic E-state index is 15.4. The van der Waals surface area contributed by atoms with E-state index in [4.69, 9.17) is 5.73 Å². The number of pyridine rings is 1. The fourth-order valence-corrected chi connectivity index (χ4v) is 6.23. The number of aromatic amines is 1. The van der Waals surface area contributed by atoms with Crippen molar-refractivity contribution in [3.63, 3.8) is 0 Å². The molecule has 0 unspecified atom stereocenters. The molecule has 1 aliphatic rings. The van der Waals surface area contributed by atoms with Gasteiger partial charge in [-0.05, 0) is 73.8 Å². The molecule has 9 nitrogen and oxygen atoms in total. The van der Waals surface area contributed by atoms with Gasteiger partial charge < -0.3 is 11.1 Å². The molecule has 0 aliphatic carbocycles. The summed E-state index contributed by atoms with van der Waals surface area (Å²) >= 11 is 1.56. The minimum Gasteiger partial charge on any atom is -0.366 e. The molecule has 11 heteroatoms. The van der Waals surface area contributed by atoms with Gasteiger partial charge in [0.2, 0.25) is 5.91 Å². The molecule has 4 heterocycles. The average molecular weight is 556 g/mol. The smallest absolute Gasteiger partial charge is 0.262 e. The number of hydrogen-bond donors (Lipinski definition) is 3. The quantitative estimate of drug-likeness (QED) is 0.279. The molecule has 5 aromatic rings. The maximum Gasteiger partial charge on any atom is 0.262 e. The predicted octanol–water partition coefficient (Wildman–Crippen LogP) is 4.69. The minimum atomic E-state index is -0.637. The molecule has 4 N–H and O–H groups in total. The number of carbonyl (C=O) groups is 2. The van der Waals surface area contributed by atoms with Crippen LogP contribution in [0.4, 0.5) is 10.2 Å². The van der Waals surface area contributed by atoms with Crippen molar-refractivity contribution in [2.24, 2.45) is 5.73 Å². The zero-order valence-electron chi connectivity index (χ0n) is 21.6. The Hall–Kier alpha value is -4.48. The van der Waals surface area contributed by atoms with Gasteiger partial charge in [-0.15, -0.1) is 11.3 Å². The van der Waals surface area contributed by atoms with E-state index >= 15 is 4.39 Å². The number of piperidine rings is 1. The number of halogens is 1. The first-order chi connectivity index (χ1) is 19.4. The zero-order valence-corrected chi connectivity index (χ0v) is 22.5. The number of anilines is 1. The summed E-state index contributed by atoms with van der Waals surface area (Å²) in [6.07, 6.45) is 4.83. The lowest BCUT2D eigenvalue weighted by molar-refractivity contribution is 0.0966. The topological polar surface area (TPSA) is 130 Å². The van der Waals surface area contributed by atoms with Crippen molar-refractivity contribution in [1.29, 1.82) is 0 Å². The highest BCUT2D eigenvalue weighted by atomic mass is 32.1. The summed E-state index contributed by atoms with van der Waals surface area (Å²) in [6.45, 7) is 3.29. The van der Waals surface area contributed by atoms with Gasteiger partial charge in [-0.3, -0.25) is 14.5 Å². The number of amides is 2. The molecular formula is C29H26FN7O2S. The summed E-state index contributed by atoms with van der Waals surface area (Å²) in [4.78, 5) is 33.0. The van der Waals surface area contributed by atoms with E-state index in [2.05, 4.69) is 25.7 Å². The molecule has 1 saturated heterocycles. The summed E-state index contributed by atoms with van der Waals surface area (Å²) in [5.74, 6) is -1.07. The molecule has 1 aliphatic heterocycles. The SMILES string of the molecule is Cc1cc(-c2cc3c(N(C(=O)c4ccc(-c5cn[nH]n5)cc4F)[C@@H]4CCCNC4)nccc3s2)ccc1C(N)=O. The molecule has 1 fully saturated rings. The van der Waals surface area contributed by atoms with E-state index < -0.39 is 17.6 Å². The van der Waals surface area contributed by atoms with E-state index in [0.29, 0.717) is 29.2 Å². The lowest BCUT2D eigenvalue weighted by Gasteiger charge is -2.34. The summed E-state index contributed by atoms with van der Waals surface area (Å²) in [5.41, 5.74) is 8.66. The Labute approximate surface area is 233 Å². The van der Waals surface area contributed by atoms with Gasteiger partial charge in [0.05, 0.1) is 17.8 Å². The molecule has 2 aromatic carbocycles. The number of nitrogens with one attached hydrogen (secondary N) is 2. The molecule has 6 rings (SSSR count). The lowest BCUT2D eigenvalue weighted by Crippen LogP contribution is -2.49. The number of aryl methyl sites for hydroxylation is 1. The second kappa shape index (κ2) is 10.6. The Balaban J connectivity index is 1.43. The molecule has 40 heavy (non-hydrogen) atoms. The molecule has 0 saturated carbocycles. The second-order valence-corrected chi connectivity index (χ2v) is 10.9. The second-order valence-electron chi connectivity index (χ2n) is 9.78. The molecule has 1 atom stereocenters. The van der Waals surface area contributed by atoms with Crippen LogP contribution in [0.1, 0.15) is 39.1 Å². The number of nitrogens with two attached hydrogens (primary N) is 1. The largest absolute Gasteiger partial charge is 0.366 e. The lowest BCUT2D eigenvalue weighted by atomic mass is 10.0. The van der Waals surface area contributed by atoms with Crippen molar-refractivity contribution in [3.8, 4) is 21.7 Å². The Morgan fingerprint density at radius 3 is 2.62 bits per heavy atom. The number of fused-ring (bicyclic) bond motifs is 1. The molecule has 0 spiro atoms. The van der Waals surface area contributed by atoms with Gasteiger partial charge in [0.15, 0.2) is 0 Å². The van der Waals surface area contributed by atoms with E-state index in [1.807, 2.05) is 31.2 Å². The third kappa shape index (κ3) is 4.74. The Bertz CT molecular complexity index is 1730. The average Bonchev–Trinajstić information content (AvgIpc) is 3.65. The van der Waals surface area contributed by atoms with E-state index in [-0.39, 0.29) is 11.6 Å². The summed E-state index contributed by atoms with van der Waals surface area (Å²) in [7, 11) is 0. The van der Waals surface area contributed by atoms with Gasteiger partial charge >= 0.3 is 0 Å². The van der Waals surface area contributed by atoms with Gasteiger partial charge in [0.1, 0.15) is 17.3 Å². The predicted molar refractivity (Wildman–Crippen MR) is 153 cm³/mol. The first kappa shape index (κ1) is 25.8. The summed E-state index contributed by atoms with van der Waals surface area (Å²) in [6, 6.07) is 13.7.